The van der Waals surface area contributed by atoms with Gasteiger partial charge in [0.05, 0.1) is 10.4 Å². The Labute approximate surface area is 133 Å². The smallest absolute Gasteiger partial charge is 0.306 e. The summed E-state index contributed by atoms with van der Waals surface area (Å²) in [5.74, 6) is 0.0714. The fourth-order valence-electron chi connectivity index (χ4n) is 3.43. The maximum absolute atomic E-state index is 13.3. The molecule has 0 amide bonds. The highest BCUT2D eigenvalue weighted by Gasteiger charge is 2.35. The van der Waals surface area contributed by atoms with Crippen LogP contribution in [0.1, 0.15) is 38.7 Å². The van der Waals surface area contributed by atoms with Crippen LogP contribution < -0.4 is 0 Å². The lowest BCUT2D eigenvalue weighted by Crippen LogP contribution is -2.33. The van der Waals surface area contributed by atoms with Crippen molar-refractivity contribution >= 4 is 21.9 Å². The Balaban J connectivity index is 2.15. The number of rotatable bonds is 4. The van der Waals surface area contributed by atoms with Gasteiger partial charge in [0.2, 0.25) is 0 Å². The first-order valence-electron chi connectivity index (χ1n) is 7.55. The van der Waals surface area contributed by atoms with Crippen molar-refractivity contribution in [1.82, 2.24) is 0 Å². The van der Waals surface area contributed by atoms with Gasteiger partial charge in [-0.1, -0.05) is 19.9 Å². The molecule has 0 saturated heterocycles. The molecule has 2 rings (SSSR count). The Hall–Kier alpha value is -0.900. The molecule has 4 heteroatoms. The van der Waals surface area contributed by atoms with Crippen molar-refractivity contribution < 1.29 is 14.3 Å². The highest BCUT2D eigenvalue weighted by molar-refractivity contribution is 9.10. The van der Waals surface area contributed by atoms with E-state index in [0.717, 1.165) is 24.8 Å². The topological polar surface area (TPSA) is 37.3 Å². The lowest BCUT2D eigenvalue weighted by molar-refractivity contribution is -0.145. The number of carbonyl (C=O) groups is 1. The van der Waals surface area contributed by atoms with E-state index in [1.165, 1.54) is 6.07 Å². The number of hydrogen-bond acceptors (Lipinski definition) is 1. The summed E-state index contributed by atoms with van der Waals surface area (Å²) in [6.07, 6.45) is 3.41. The van der Waals surface area contributed by atoms with Crippen LogP contribution in [0.2, 0.25) is 0 Å². The minimum Gasteiger partial charge on any atom is -0.481 e. The van der Waals surface area contributed by atoms with Gasteiger partial charge in [-0.25, -0.2) is 4.39 Å². The molecule has 0 aliphatic heterocycles. The number of aliphatic carboxylic acids is 1. The van der Waals surface area contributed by atoms with Crippen LogP contribution in [-0.2, 0) is 11.2 Å². The SMILES string of the molecule is CC(C)C1CCC(C(=O)O)C(Cc2ccc(F)c(Br)c2)C1. The fourth-order valence-corrected chi connectivity index (χ4v) is 3.85. The van der Waals surface area contributed by atoms with Gasteiger partial charge in [-0.05, 0) is 77.1 Å². The first-order chi connectivity index (χ1) is 9.88. The number of benzene rings is 1. The Kier molecular flexibility index (Phi) is 5.42. The summed E-state index contributed by atoms with van der Waals surface area (Å²) in [5.41, 5.74) is 1.00. The van der Waals surface area contributed by atoms with Crippen LogP contribution in [0.5, 0.6) is 0 Å². The van der Waals surface area contributed by atoms with E-state index in [0.29, 0.717) is 22.7 Å². The van der Waals surface area contributed by atoms with E-state index in [1.54, 1.807) is 12.1 Å². The average molecular weight is 357 g/mol. The highest BCUT2D eigenvalue weighted by atomic mass is 79.9. The fraction of sp³-hybridized carbons (Fsp3) is 0.588. The molecule has 1 aliphatic rings. The van der Waals surface area contributed by atoms with Crippen LogP contribution in [0, 0.1) is 29.5 Å². The van der Waals surface area contributed by atoms with Crippen LogP contribution >= 0.6 is 15.9 Å². The summed E-state index contributed by atoms with van der Waals surface area (Å²) >= 11 is 3.20. The van der Waals surface area contributed by atoms with Gasteiger partial charge in [0.1, 0.15) is 5.82 Å². The van der Waals surface area contributed by atoms with E-state index in [9.17, 15) is 14.3 Å². The molecule has 0 aromatic heterocycles. The van der Waals surface area contributed by atoms with E-state index in [2.05, 4.69) is 29.8 Å². The summed E-state index contributed by atoms with van der Waals surface area (Å²) in [5, 5.41) is 9.44. The first-order valence-corrected chi connectivity index (χ1v) is 8.34. The summed E-state index contributed by atoms with van der Waals surface area (Å²) in [6, 6.07) is 4.98. The molecule has 3 unspecified atom stereocenters. The number of carboxylic acids is 1. The minimum absolute atomic E-state index is 0.140. The molecule has 21 heavy (non-hydrogen) atoms. The number of halogens is 2. The van der Waals surface area contributed by atoms with E-state index < -0.39 is 5.97 Å². The molecule has 1 aliphatic carbocycles. The molecule has 0 bridgehead atoms. The normalized spacial score (nSPS) is 26.0. The van der Waals surface area contributed by atoms with E-state index in [4.69, 9.17) is 0 Å². The average Bonchev–Trinajstić information content (AvgIpc) is 2.42. The van der Waals surface area contributed by atoms with Gasteiger partial charge >= 0.3 is 5.97 Å². The quantitative estimate of drug-likeness (QED) is 0.832. The summed E-state index contributed by atoms with van der Waals surface area (Å²) in [7, 11) is 0. The molecule has 3 atom stereocenters. The molecule has 0 spiro atoms. The molecule has 1 N–H and O–H groups in total. The predicted octanol–water partition coefficient (Wildman–Crippen LogP) is 4.90. The van der Waals surface area contributed by atoms with Crippen molar-refractivity contribution in [3.05, 3.63) is 34.1 Å². The second kappa shape index (κ2) is 6.91. The highest BCUT2D eigenvalue weighted by Crippen LogP contribution is 2.39. The lowest BCUT2D eigenvalue weighted by Gasteiger charge is -2.36. The van der Waals surface area contributed by atoms with Gasteiger partial charge in [-0.3, -0.25) is 4.79 Å². The van der Waals surface area contributed by atoms with Crippen molar-refractivity contribution in [1.29, 1.82) is 0 Å². The summed E-state index contributed by atoms with van der Waals surface area (Å²) in [6.45, 7) is 4.41. The minimum atomic E-state index is -0.691. The Morgan fingerprint density at radius 1 is 1.43 bits per heavy atom. The Morgan fingerprint density at radius 2 is 2.14 bits per heavy atom. The van der Waals surface area contributed by atoms with Crippen LogP contribution in [0.4, 0.5) is 4.39 Å². The molecule has 116 valence electrons. The monoisotopic (exact) mass is 356 g/mol. The van der Waals surface area contributed by atoms with Crippen LogP contribution in [0.3, 0.4) is 0 Å². The van der Waals surface area contributed by atoms with Gasteiger partial charge in [0.15, 0.2) is 0 Å². The largest absolute Gasteiger partial charge is 0.481 e. The maximum Gasteiger partial charge on any atom is 0.306 e. The molecule has 0 radical (unpaired) electrons. The molecule has 1 saturated carbocycles. The molecular weight excluding hydrogens is 335 g/mol. The Morgan fingerprint density at radius 3 is 2.71 bits per heavy atom. The van der Waals surface area contributed by atoms with E-state index in [-0.39, 0.29) is 17.7 Å². The van der Waals surface area contributed by atoms with Crippen LogP contribution in [0.15, 0.2) is 22.7 Å². The third kappa shape index (κ3) is 4.06. The molecule has 1 aromatic rings. The summed E-state index contributed by atoms with van der Waals surface area (Å²) < 4.78 is 13.8. The van der Waals surface area contributed by atoms with Crippen molar-refractivity contribution in [2.45, 2.75) is 39.5 Å². The molecule has 1 aromatic carbocycles. The Bertz CT molecular complexity index is 516. The molecular formula is C17H22BrFO2. The van der Waals surface area contributed by atoms with Crippen molar-refractivity contribution in [2.75, 3.05) is 0 Å². The van der Waals surface area contributed by atoms with Gasteiger partial charge < -0.3 is 5.11 Å². The third-order valence-corrected chi connectivity index (χ3v) is 5.37. The van der Waals surface area contributed by atoms with E-state index in [1.807, 2.05) is 0 Å². The zero-order chi connectivity index (χ0) is 15.6. The summed E-state index contributed by atoms with van der Waals surface area (Å²) in [4.78, 5) is 11.5. The van der Waals surface area contributed by atoms with Gasteiger partial charge in [0, 0.05) is 0 Å². The molecule has 0 heterocycles. The number of carboxylic acid groups (broad SMARTS) is 1. The van der Waals surface area contributed by atoms with Gasteiger partial charge in [-0.2, -0.15) is 0 Å². The van der Waals surface area contributed by atoms with Crippen molar-refractivity contribution in [3.63, 3.8) is 0 Å². The van der Waals surface area contributed by atoms with Crippen molar-refractivity contribution in [3.8, 4) is 0 Å². The van der Waals surface area contributed by atoms with Gasteiger partial charge in [-0.15, -0.1) is 0 Å². The van der Waals surface area contributed by atoms with E-state index >= 15 is 0 Å². The zero-order valence-corrected chi connectivity index (χ0v) is 14.1. The second-order valence-electron chi connectivity index (χ2n) is 6.47. The van der Waals surface area contributed by atoms with Crippen LogP contribution in [0.25, 0.3) is 0 Å². The third-order valence-electron chi connectivity index (χ3n) is 4.76. The second-order valence-corrected chi connectivity index (χ2v) is 7.33. The lowest BCUT2D eigenvalue weighted by atomic mass is 9.69. The molecule has 1 fully saturated rings. The van der Waals surface area contributed by atoms with Crippen LogP contribution in [-0.4, -0.2) is 11.1 Å². The zero-order valence-electron chi connectivity index (χ0n) is 12.5. The predicted molar refractivity (Wildman–Crippen MR) is 84.6 cm³/mol. The first kappa shape index (κ1) is 16.5. The van der Waals surface area contributed by atoms with Crippen molar-refractivity contribution in [2.24, 2.45) is 23.7 Å². The molecule has 2 nitrogen and oxygen atoms in total. The number of hydrogen-bond donors (Lipinski definition) is 1. The standard InChI is InChI=1S/C17H22BrFO2/c1-10(2)12-4-5-14(17(20)21)13(9-12)7-11-3-6-16(19)15(18)8-11/h3,6,8,10,12-14H,4-5,7,9H2,1-2H3,(H,20,21). The van der Waals surface area contributed by atoms with Gasteiger partial charge in [0.25, 0.3) is 0 Å². The maximum atomic E-state index is 13.3.